The zero-order valence-electron chi connectivity index (χ0n) is 13.6. The van der Waals surface area contributed by atoms with Crippen LogP contribution < -0.4 is 0 Å². The highest BCUT2D eigenvalue weighted by molar-refractivity contribution is 5.91. The molecule has 0 bridgehead atoms. The summed E-state index contributed by atoms with van der Waals surface area (Å²) in [6.45, 7) is 4.34. The number of aliphatic hydroxyl groups is 1. The van der Waals surface area contributed by atoms with Gasteiger partial charge in [-0.3, -0.25) is 9.59 Å². The zero-order valence-corrected chi connectivity index (χ0v) is 13.6. The van der Waals surface area contributed by atoms with Gasteiger partial charge in [0.2, 0.25) is 0 Å². The van der Waals surface area contributed by atoms with E-state index in [9.17, 15) is 14.7 Å². The molecule has 0 aromatic rings. The van der Waals surface area contributed by atoms with E-state index in [0.29, 0.717) is 36.9 Å². The Bertz CT molecular complexity index is 577. The number of rotatable bonds is 0. The van der Waals surface area contributed by atoms with Gasteiger partial charge < -0.3 is 5.11 Å². The molecule has 0 saturated heterocycles. The molecule has 4 rings (SSSR count). The molecule has 0 amide bonds. The van der Waals surface area contributed by atoms with Crippen LogP contribution in [0.15, 0.2) is 11.6 Å². The number of Topliss-reactive ketones (excluding diaryl/α,β-unsaturated/α-hetero) is 1. The molecular weight excluding hydrogens is 276 g/mol. The van der Waals surface area contributed by atoms with Crippen LogP contribution in [0.4, 0.5) is 0 Å². The molecule has 0 radical (unpaired) electrons. The van der Waals surface area contributed by atoms with E-state index in [2.05, 4.69) is 13.8 Å². The number of carbonyl (C=O) groups is 2. The normalized spacial score (nSPS) is 51.0. The fraction of sp³-hybridized carbons (Fsp3) is 0.789. The second kappa shape index (κ2) is 4.53. The smallest absolute Gasteiger partial charge is 0.155 e. The van der Waals surface area contributed by atoms with Crippen LogP contribution in [-0.2, 0) is 9.59 Å². The van der Waals surface area contributed by atoms with Gasteiger partial charge in [-0.25, -0.2) is 0 Å². The van der Waals surface area contributed by atoms with E-state index >= 15 is 0 Å². The lowest BCUT2D eigenvalue weighted by atomic mass is 9.46. The van der Waals surface area contributed by atoms with Gasteiger partial charge in [-0.1, -0.05) is 19.4 Å². The molecule has 6 atom stereocenters. The average molecular weight is 302 g/mol. The molecule has 4 aliphatic carbocycles. The molecule has 0 aromatic heterocycles. The fourth-order valence-corrected chi connectivity index (χ4v) is 6.46. The summed E-state index contributed by atoms with van der Waals surface area (Å²) in [4.78, 5) is 24.2. The van der Waals surface area contributed by atoms with E-state index in [4.69, 9.17) is 0 Å². The molecule has 4 aliphatic rings. The van der Waals surface area contributed by atoms with Crippen molar-refractivity contribution < 1.29 is 14.7 Å². The number of aliphatic hydroxyl groups excluding tert-OH is 1. The second-order valence-electron chi connectivity index (χ2n) is 8.54. The van der Waals surface area contributed by atoms with Crippen molar-refractivity contribution in [1.82, 2.24) is 0 Å². The van der Waals surface area contributed by atoms with Crippen molar-refractivity contribution in [3.8, 4) is 0 Å². The number of hydrogen-bond donors (Lipinski definition) is 1. The average Bonchev–Trinajstić information content (AvgIpc) is 2.75. The van der Waals surface area contributed by atoms with Gasteiger partial charge in [0, 0.05) is 18.3 Å². The summed E-state index contributed by atoms with van der Waals surface area (Å²) in [7, 11) is 0. The van der Waals surface area contributed by atoms with Crippen LogP contribution in [0, 0.1) is 28.6 Å². The third kappa shape index (κ3) is 1.72. The summed E-state index contributed by atoms with van der Waals surface area (Å²) in [5.74, 6) is 1.71. The van der Waals surface area contributed by atoms with E-state index < -0.39 is 6.10 Å². The van der Waals surface area contributed by atoms with E-state index in [1.807, 2.05) is 6.08 Å². The Morgan fingerprint density at radius 2 is 1.86 bits per heavy atom. The number of allylic oxidation sites excluding steroid dienone is 1. The summed E-state index contributed by atoms with van der Waals surface area (Å²) in [6, 6.07) is 0. The minimum absolute atomic E-state index is 0.0385. The molecule has 0 aromatic carbocycles. The van der Waals surface area contributed by atoms with Crippen LogP contribution in [0.2, 0.25) is 0 Å². The highest BCUT2D eigenvalue weighted by Gasteiger charge is 2.61. The van der Waals surface area contributed by atoms with Gasteiger partial charge in [-0.15, -0.1) is 0 Å². The van der Waals surface area contributed by atoms with Crippen LogP contribution >= 0.6 is 0 Å². The summed E-state index contributed by atoms with van der Waals surface area (Å²) < 4.78 is 0. The largest absolute Gasteiger partial charge is 0.393 e. The van der Waals surface area contributed by atoms with Crippen molar-refractivity contribution in [2.45, 2.75) is 64.9 Å². The Morgan fingerprint density at radius 1 is 1.09 bits per heavy atom. The van der Waals surface area contributed by atoms with Gasteiger partial charge in [-0.2, -0.15) is 0 Å². The van der Waals surface area contributed by atoms with Crippen LogP contribution in [0.25, 0.3) is 0 Å². The maximum Gasteiger partial charge on any atom is 0.155 e. The maximum absolute atomic E-state index is 12.4. The van der Waals surface area contributed by atoms with Gasteiger partial charge in [0.05, 0.1) is 6.10 Å². The van der Waals surface area contributed by atoms with Crippen molar-refractivity contribution in [2.75, 3.05) is 0 Å². The van der Waals surface area contributed by atoms with Gasteiger partial charge in [0.1, 0.15) is 5.78 Å². The first-order valence-electron chi connectivity index (χ1n) is 8.81. The van der Waals surface area contributed by atoms with Crippen molar-refractivity contribution in [1.29, 1.82) is 0 Å². The summed E-state index contributed by atoms with van der Waals surface area (Å²) in [6.07, 6.45) is 7.24. The Balaban J connectivity index is 1.75. The summed E-state index contributed by atoms with van der Waals surface area (Å²) in [5, 5.41) is 10.9. The highest BCUT2D eigenvalue weighted by Crippen LogP contribution is 2.64. The third-order valence-corrected chi connectivity index (χ3v) is 7.61. The minimum atomic E-state index is -0.407. The molecule has 0 spiro atoms. The molecule has 3 heteroatoms. The first-order valence-corrected chi connectivity index (χ1v) is 8.81. The monoisotopic (exact) mass is 302 g/mol. The topological polar surface area (TPSA) is 54.4 Å². The second-order valence-corrected chi connectivity index (χ2v) is 8.54. The molecule has 3 nitrogen and oxygen atoms in total. The van der Waals surface area contributed by atoms with E-state index in [1.165, 1.54) is 5.57 Å². The Morgan fingerprint density at radius 3 is 2.64 bits per heavy atom. The van der Waals surface area contributed by atoms with E-state index in [-0.39, 0.29) is 22.5 Å². The predicted molar refractivity (Wildman–Crippen MR) is 83.1 cm³/mol. The SMILES string of the molecule is C[C@]12CCC(=O)C=C1CC[C@H]1C3CCC(=O)[C@@]3(C)C[C@H](O)[C@@H]12. The number of fused-ring (bicyclic) bond motifs is 5. The van der Waals surface area contributed by atoms with Crippen LogP contribution in [0.1, 0.15) is 58.8 Å². The van der Waals surface area contributed by atoms with Crippen molar-refractivity contribution in [2.24, 2.45) is 28.6 Å². The Kier molecular flexibility index (Phi) is 3.01. The lowest BCUT2D eigenvalue weighted by Gasteiger charge is -2.58. The Hall–Kier alpha value is -0.960. The maximum atomic E-state index is 12.4. The molecule has 3 saturated carbocycles. The van der Waals surface area contributed by atoms with Crippen LogP contribution in [0.5, 0.6) is 0 Å². The number of hydrogen-bond acceptors (Lipinski definition) is 3. The van der Waals surface area contributed by atoms with E-state index in [1.54, 1.807) is 0 Å². The van der Waals surface area contributed by atoms with Crippen molar-refractivity contribution >= 4 is 11.6 Å². The van der Waals surface area contributed by atoms with Crippen molar-refractivity contribution in [3.05, 3.63) is 11.6 Å². The first-order chi connectivity index (χ1) is 10.4. The lowest BCUT2D eigenvalue weighted by Crippen LogP contribution is -2.56. The Labute approximate surface area is 132 Å². The fourth-order valence-electron chi connectivity index (χ4n) is 6.46. The molecule has 3 fully saturated rings. The highest BCUT2D eigenvalue weighted by atomic mass is 16.3. The predicted octanol–water partition coefficient (Wildman–Crippen LogP) is 3.06. The number of carbonyl (C=O) groups excluding carboxylic acids is 2. The third-order valence-electron chi connectivity index (χ3n) is 7.61. The molecule has 1 unspecified atom stereocenters. The molecule has 0 aliphatic heterocycles. The van der Waals surface area contributed by atoms with Gasteiger partial charge in [-0.05, 0) is 61.3 Å². The summed E-state index contributed by atoms with van der Waals surface area (Å²) >= 11 is 0. The first kappa shape index (κ1) is 14.6. The lowest BCUT2D eigenvalue weighted by molar-refractivity contribution is -0.147. The summed E-state index contributed by atoms with van der Waals surface area (Å²) in [5.41, 5.74) is 0.920. The molecule has 22 heavy (non-hydrogen) atoms. The quantitative estimate of drug-likeness (QED) is 0.748. The van der Waals surface area contributed by atoms with Crippen LogP contribution in [0.3, 0.4) is 0 Å². The number of ketones is 2. The molecular formula is C19H26O3. The molecule has 120 valence electrons. The molecule has 1 N–H and O–H groups in total. The van der Waals surface area contributed by atoms with Crippen molar-refractivity contribution in [3.63, 3.8) is 0 Å². The van der Waals surface area contributed by atoms with Gasteiger partial charge in [0.15, 0.2) is 5.78 Å². The van der Waals surface area contributed by atoms with Gasteiger partial charge >= 0.3 is 0 Å². The van der Waals surface area contributed by atoms with Crippen LogP contribution in [-0.4, -0.2) is 22.8 Å². The standard InChI is InChI=1S/C19H26O3/c1-18-8-7-12(20)9-11(18)3-4-13-14-5-6-16(22)19(14,2)10-15(21)17(13)18/h9,13-15,17,21H,3-8,10H2,1-2H3/t13-,14?,15-,17+,18-,19-/m0/s1. The zero-order chi connectivity index (χ0) is 15.7. The van der Waals surface area contributed by atoms with E-state index in [0.717, 1.165) is 25.7 Å². The van der Waals surface area contributed by atoms with Gasteiger partial charge in [0.25, 0.3) is 0 Å². The molecule has 0 heterocycles. The minimum Gasteiger partial charge on any atom is -0.393 e.